The van der Waals surface area contributed by atoms with Gasteiger partial charge in [-0.1, -0.05) is 19.3 Å². The van der Waals surface area contributed by atoms with Gasteiger partial charge in [0.2, 0.25) is 0 Å². The molecule has 1 radical (unpaired) electrons. The van der Waals surface area contributed by atoms with Gasteiger partial charge in [0.1, 0.15) is 0 Å². The zero-order chi connectivity index (χ0) is 7.52. The van der Waals surface area contributed by atoms with Gasteiger partial charge in [-0.3, -0.25) is 5.10 Å². The Kier molecular flexibility index (Phi) is 1.93. The average Bonchev–Trinajstić information content (AvgIpc) is 2.58. The lowest BCUT2D eigenvalue weighted by Crippen LogP contribution is -2.04. The molecule has 1 aliphatic rings. The minimum atomic E-state index is 0.714. The van der Waals surface area contributed by atoms with E-state index in [0.29, 0.717) is 5.92 Å². The van der Waals surface area contributed by atoms with Gasteiger partial charge in [0.25, 0.3) is 0 Å². The average molecular weight is 149 g/mol. The van der Waals surface area contributed by atoms with E-state index in [9.17, 15) is 0 Å². The molecule has 1 aromatic heterocycles. The van der Waals surface area contributed by atoms with Crippen molar-refractivity contribution in [3.05, 3.63) is 18.0 Å². The van der Waals surface area contributed by atoms with Gasteiger partial charge in [0.15, 0.2) is 0 Å². The normalized spacial score (nSPS) is 20.4. The molecule has 0 amide bonds. The maximum absolute atomic E-state index is 4.16. The Morgan fingerprint density at radius 2 is 2.18 bits per heavy atom. The molecule has 0 unspecified atom stereocenters. The smallest absolute Gasteiger partial charge is 0.0831 e. The highest BCUT2D eigenvalue weighted by atomic mass is 15.1. The third-order valence-electron chi connectivity index (χ3n) is 2.49. The lowest BCUT2D eigenvalue weighted by molar-refractivity contribution is 0.436. The van der Waals surface area contributed by atoms with E-state index in [0.717, 1.165) is 0 Å². The van der Waals surface area contributed by atoms with Gasteiger partial charge < -0.3 is 0 Å². The molecule has 0 aliphatic heterocycles. The van der Waals surface area contributed by atoms with E-state index in [2.05, 4.69) is 16.4 Å². The Bertz CT molecular complexity index is 197. The van der Waals surface area contributed by atoms with Crippen molar-refractivity contribution in [2.45, 2.75) is 38.0 Å². The molecule has 0 spiro atoms. The maximum atomic E-state index is 4.16. The molecule has 0 bridgehead atoms. The molecule has 2 nitrogen and oxygen atoms in total. The standard InChI is InChI=1S/C9H13N2/c1-2-4-8(5-3-1)9-6-7-10-11-9/h6,8H,1-5H2,(H,10,11). The van der Waals surface area contributed by atoms with E-state index < -0.39 is 0 Å². The van der Waals surface area contributed by atoms with Crippen molar-refractivity contribution >= 4 is 0 Å². The minimum Gasteiger partial charge on any atom is -0.276 e. The summed E-state index contributed by atoms with van der Waals surface area (Å²) < 4.78 is 0. The summed E-state index contributed by atoms with van der Waals surface area (Å²) >= 11 is 0. The van der Waals surface area contributed by atoms with Gasteiger partial charge in [0, 0.05) is 5.92 Å². The van der Waals surface area contributed by atoms with E-state index >= 15 is 0 Å². The second-order valence-electron chi connectivity index (χ2n) is 3.27. The van der Waals surface area contributed by atoms with Gasteiger partial charge in [-0.05, 0) is 18.9 Å². The molecule has 1 heterocycles. The fourth-order valence-electron chi connectivity index (χ4n) is 1.84. The predicted molar refractivity (Wildman–Crippen MR) is 43.2 cm³/mol. The summed E-state index contributed by atoms with van der Waals surface area (Å²) in [6.45, 7) is 0. The maximum Gasteiger partial charge on any atom is 0.0831 e. The van der Waals surface area contributed by atoms with Crippen LogP contribution in [0.25, 0.3) is 0 Å². The fourth-order valence-corrected chi connectivity index (χ4v) is 1.84. The van der Waals surface area contributed by atoms with Crippen molar-refractivity contribution < 1.29 is 0 Å². The number of hydrogen-bond acceptors (Lipinski definition) is 1. The Labute approximate surface area is 67.0 Å². The highest BCUT2D eigenvalue weighted by Crippen LogP contribution is 2.30. The summed E-state index contributed by atoms with van der Waals surface area (Å²) in [5, 5.41) is 6.91. The quantitative estimate of drug-likeness (QED) is 0.651. The van der Waals surface area contributed by atoms with Crippen LogP contribution in [-0.2, 0) is 0 Å². The molecule has 2 rings (SSSR count). The Morgan fingerprint density at radius 3 is 2.82 bits per heavy atom. The van der Waals surface area contributed by atoms with Crippen LogP contribution in [0.1, 0.15) is 43.7 Å². The second kappa shape index (κ2) is 3.07. The molecule has 1 fully saturated rings. The Balaban J connectivity index is 2.04. The predicted octanol–water partition coefficient (Wildman–Crippen LogP) is 2.26. The molecule has 1 aliphatic carbocycles. The lowest BCUT2D eigenvalue weighted by atomic mass is 9.87. The Morgan fingerprint density at radius 1 is 1.36 bits per heavy atom. The molecule has 1 aromatic rings. The van der Waals surface area contributed by atoms with Gasteiger partial charge in [0.05, 0.1) is 11.9 Å². The van der Waals surface area contributed by atoms with E-state index in [-0.39, 0.29) is 0 Å². The molecule has 0 saturated heterocycles. The van der Waals surface area contributed by atoms with Crippen LogP contribution in [0, 0.1) is 6.20 Å². The van der Waals surface area contributed by atoms with Crippen molar-refractivity contribution in [3.8, 4) is 0 Å². The molecule has 0 aromatic carbocycles. The van der Waals surface area contributed by atoms with Crippen LogP contribution in [0.15, 0.2) is 6.07 Å². The number of aromatic amines is 1. The number of H-pyrrole nitrogens is 1. The number of nitrogens with one attached hydrogen (secondary N) is 1. The highest BCUT2D eigenvalue weighted by Gasteiger charge is 2.16. The molecule has 11 heavy (non-hydrogen) atoms. The highest BCUT2D eigenvalue weighted by molar-refractivity contribution is 5.05. The number of aromatic nitrogens is 2. The van der Waals surface area contributed by atoms with E-state index in [4.69, 9.17) is 0 Å². The molecule has 59 valence electrons. The first kappa shape index (κ1) is 6.89. The largest absolute Gasteiger partial charge is 0.276 e. The summed E-state index contributed by atoms with van der Waals surface area (Å²) in [7, 11) is 0. The van der Waals surface area contributed by atoms with E-state index in [1.807, 2.05) is 6.07 Å². The van der Waals surface area contributed by atoms with Crippen molar-refractivity contribution in [3.63, 3.8) is 0 Å². The Hall–Kier alpha value is -0.790. The molecular formula is C9H13N2. The lowest BCUT2D eigenvalue weighted by Gasteiger charge is -2.18. The second-order valence-corrected chi connectivity index (χ2v) is 3.27. The topological polar surface area (TPSA) is 28.7 Å². The summed E-state index contributed by atoms with van der Waals surface area (Å²) in [5.74, 6) is 0.714. The van der Waals surface area contributed by atoms with E-state index in [1.54, 1.807) is 0 Å². The van der Waals surface area contributed by atoms with Crippen LogP contribution in [0.3, 0.4) is 0 Å². The van der Waals surface area contributed by atoms with Crippen LogP contribution in [0.5, 0.6) is 0 Å². The summed E-state index contributed by atoms with van der Waals surface area (Å²) in [6.07, 6.45) is 9.68. The third kappa shape index (κ3) is 1.44. The summed E-state index contributed by atoms with van der Waals surface area (Å²) in [5.41, 5.74) is 1.21. The first-order valence-electron chi connectivity index (χ1n) is 4.38. The SMILES string of the molecule is [c]1cc(C2CCCCC2)n[nH]1. The van der Waals surface area contributed by atoms with Crippen LogP contribution in [0.2, 0.25) is 0 Å². The molecule has 1 N–H and O–H groups in total. The van der Waals surface area contributed by atoms with Crippen molar-refractivity contribution in [1.82, 2.24) is 10.2 Å². The first-order chi connectivity index (χ1) is 5.47. The van der Waals surface area contributed by atoms with Gasteiger partial charge >= 0.3 is 0 Å². The zero-order valence-electron chi connectivity index (χ0n) is 6.64. The number of rotatable bonds is 1. The van der Waals surface area contributed by atoms with Gasteiger partial charge in [-0.2, -0.15) is 5.10 Å². The van der Waals surface area contributed by atoms with Crippen molar-refractivity contribution in [2.75, 3.05) is 0 Å². The van der Waals surface area contributed by atoms with Crippen molar-refractivity contribution in [2.24, 2.45) is 0 Å². The summed E-state index contributed by atoms with van der Waals surface area (Å²) in [4.78, 5) is 0. The summed E-state index contributed by atoms with van der Waals surface area (Å²) in [6, 6.07) is 1.98. The monoisotopic (exact) mass is 149 g/mol. The van der Waals surface area contributed by atoms with Crippen LogP contribution < -0.4 is 0 Å². The molecule has 2 heteroatoms. The molecule has 0 atom stereocenters. The van der Waals surface area contributed by atoms with Gasteiger partial charge in [-0.25, -0.2) is 0 Å². The van der Waals surface area contributed by atoms with Crippen LogP contribution in [0.4, 0.5) is 0 Å². The number of nitrogens with zero attached hydrogens (tertiary/aromatic N) is 1. The van der Waals surface area contributed by atoms with Crippen LogP contribution in [-0.4, -0.2) is 10.2 Å². The van der Waals surface area contributed by atoms with Crippen LogP contribution >= 0.6 is 0 Å². The van der Waals surface area contributed by atoms with E-state index in [1.165, 1.54) is 37.8 Å². The number of hydrogen-bond donors (Lipinski definition) is 1. The molecular weight excluding hydrogens is 136 g/mol. The van der Waals surface area contributed by atoms with Gasteiger partial charge in [-0.15, -0.1) is 0 Å². The first-order valence-corrected chi connectivity index (χ1v) is 4.38. The molecule has 1 saturated carbocycles. The minimum absolute atomic E-state index is 0.714. The third-order valence-corrected chi connectivity index (χ3v) is 2.49. The zero-order valence-corrected chi connectivity index (χ0v) is 6.64. The fraction of sp³-hybridized carbons (Fsp3) is 0.667. The van der Waals surface area contributed by atoms with Crippen molar-refractivity contribution in [1.29, 1.82) is 0 Å².